The number of fused-ring (bicyclic) bond motifs is 1. The van der Waals surface area contributed by atoms with E-state index in [2.05, 4.69) is 16.6 Å². The van der Waals surface area contributed by atoms with Gasteiger partial charge in [-0.3, -0.25) is 0 Å². The van der Waals surface area contributed by atoms with E-state index in [0.717, 1.165) is 36.4 Å². The molecule has 0 radical (unpaired) electrons. The zero-order valence-electron chi connectivity index (χ0n) is 19.9. The number of piperidine rings is 1. The molecule has 0 N–H and O–H groups in total. The smallest absolute Gasteiger partial charge is 0.406 e. The van der Waals surface area contributed by atoms with Crippen LogP contribution in [0.1, 0.15) is 43.7 Å². The lowest BCUT2D eigenvalue weighted by Crippen LogP contribution is -2.44. The van der Waals surface area contributed by atoms with Gasteiger partial charge in [-0.2, -0.15) is 4.31 Å². The molecule has 2 aliphatic rings. The molecule has 0 aromatic heterocycles. The van der Waals surface area contributed by atoms with Crippen molar-refractivity contribution in [1.29, 1.82) is 0 Å². The Hall–Kier alpha value is -1.75. The molecular weight excluding hydrogens is 497 g/mol. The van der Waals surface area contributed by atoms with E-state index in [1.807, 2.05) is 31.2 Å². The first-order valence-corrected chi connectivity index (χ1v) is 14.3. The van der Waals surface area contributed by atoms with Crippen molar-refractivity contribution in [2.75, 3.05) is 25.4 Å². The largest absolute Gasteiger partial charge is 0.573 e. The number of nitrogens with zero attached hydrogens (tertiary/aromatic N) is 2. The van der Waals surface area contributed by atoms with Gasteiger partial charge in [0.1, 0.15) is 5.75 Å². The number of ether oxygens (including phenoxy) is 1. The summed E-state index contributed by atoms with van der Waals surface area (Å²) < 4.78 is 70.5. The maximum absolute atomic E-state index is 13.7. The Bertz CT molecular complexity index is 1100. The quantitative estimate of drug-likeness (QED) is 0.441. The highest BCUT2D eigenvalue weighted by molar-refractivity contribution is 8.01. The number of benzene rings is 2. The monoisotopic (exact) mass is 528 g/mol. The normalized spacial score (nSPS) is 21.9. The third-order valence-electron chi connectivity index (χ3n) is 6.76. The predicted molar refractivity (Wildman–Crippen MR) is 132 cm³/mol. The van der Waals surface area contributed by atoms with Crippen LogP contribution in [0.3, 0.4) is 0 Å². The van der Waals surface area contributed by atoms with Crippen LogP contribution >= 0.6 is 11.8 Å². The van der Waals surface area contributed by atoms with E-state index in [1.54, 1.807) is 0 Å². The summed E-state index contributed by atoms with van der Waals surface area (Å²) in [5.41, 5.74) is 1.72. The maximum atomic E-state index is 13.7. The van der Waals surface area contributed by atoms with Gasteiger partial charge in [-0.05, 0) is 61.2 Å². The van der Waals surface area contributed by atoms with E-state index in [0.29, 0.717) is 18.0 Å². The Balaban J connectivity index is 1.54. The summed E-state index contributed by atoms with van der Waals surface area (Å²) in [4.78, 5) is 3.27. The summed E-state index contributed by atoms with van der Waals surface area (Å²) in [5.74, 6) is 0.329. The number of hydrogen-bond acceptors (Lipinski definition) is 5. The van der Waals surface area contributed by atoms with E-state index in [4.69, 9.17) is 0 Å². The van der Waals surface area contributed by atoms with E-state index in [9.17, 15) is 21.6 Å². The van der Waals surface area contributed by atoms with Crippen LogP contribution in [0.2, 0.25) is 0 Å². The van der Waals surface area contributed by atoms with Gasteiger partial charge in [0.05, 0.1) is 11.1 Å². The van der Waals surface area contributed by atoms with Crippen molar-refractivity contribution in [2.24, 2.45) is 5.92 Å². The van der Waals surface area contributed by atoms with Gasteiger partial charge in [0.15, 0.2) is 0 Å². The third-order valence-corrected chi connectivity index (χ3v) is 10.2. The fourth-order valence-corrected chi connectivity index (χ4v) is 8.07. The van der Waals surface area contributed by atoms with Gasteiger partial charge in [-0.15, -0.1) is 24.9 Å². The Morgan fingerprint density at radius 1 is 1.06 bits per heavy atom. The predicted octanol–water partition coefficient (Wildman–Crippen LogP) is 5.68. The number of alkyl halides is 3. The summed E-state index contributed by atoms with van der Waals surface area (Å²) in [6.45, 7) is 6.61. The van der Waals surface area contributed by atoms with Crippen molar-refractivity contribution in [3.05, 3.63) is 59.7 Å². The molecule has 2 heterocycles. The van der Waals surface area contributed by atoms with Crippen molar-refractivity contribution in [3.63, 3.8) is 0 Å². The molecule has 0 amide bonds. The molecule has 0 spiro atoms. The molecule has 0 aliphatic carbocycles. The molecule has 2 atom stereocenters. The molecule has 0 saturated carbocycles. The zero-order valence-corrected chi connectivity index (χ0v) is 21.5. The lowest BCUT2D eigenvalue weighted by atomic mass is 9.99. The maximum Gasteiger partial charge on any atom is 0.573 e. The fourth-order valence-electron chi connectivity index (χ4n) is 4.63. The van der Waals surface area contributed by atoms with Gasteiger partial charge in [0.25, 0.3) is 0 Å². The lowest BCUT2D eigenvalue weighted by Gasteiger charge is -2.33. The zero-order chi connectivity index (χ0) is 25.2. The molecule has 2 aromatic carbocycles. The molecule has 2 aliphatic heterocycles. The molecule has 192 valence electrons. The number of halogens is 3. The average Bonchev–Trinajstić information content (AvgIpc) is 3.13. The summed E-state index contributed by atoms with van der Waals surface area (Å²) in [6, 6.07) is 13.4. The fraction of sp³-hybridized carbons (Fsp3) is 0.520. The van der Waals surface area contributed by atoms with Crippen LogP contribution in [0.15, 0.2) is 53.4 Å². The van der Waals surface area contributed by atoms with E-state index < -0.39 is 16.4 Å². The van der Waals surface area contributed by atoms with Crippen LogP contribution in [0.4, 0.5) is 13.2 Å². The Morgan fingerprint density at radius 3 is 2.34 bits per heavy atom. The Morgan fingerprint density at radius 2 is 1.71 bits per heavy atom. The SMILES string of the molecule is CC1CCN(CCS(=O)(=O)N(Cc2ccc(OC(F)(F)F)cc2)C2Sc3ccccc3C2C)CC1. The number of thioether (sulfide) groups is 1. The van der Waals surface area contributed by atoms with Crippen LogP contribution in [-0.4, -0.2) is 54.7 Å². The summed E-state index contributed by atoms with van der Waals surface area (Å²) >= 11 is 1.53. The third kappa shape index (κ3) is 6.72. The van der Waals surface area contributed by atoms with Gasteiger partial charge in [-0.25, -0.2) is 8.42 Å². The highest BCUT2D eigenvalue weighted by atomic mass is 32.2. The minimum absolute atomic E-state index is 0.0107. The van der Waals surface area contributed by atoms with E-state index in [1.165, 1.54) is 40.3 Å². The molecule has 5 nitrogen and oxygen atoms in total. The second kappa shape index (κ2) is 10.7. The van der Waals surface area contributed by atoms with Crippen molar-refractivity contribution in [1.82, 2.24) is 9.21 Å². The topological polar surface area (TPSA) is 49.9 Å². The van der Waals surface area contributed by atoms with Gasteiger partial charge in [0.2, 0.25) is 10.0 Å². The lowest BCUT2D eigenvalue weighted by molar-refractivity contribution is -0.274. The number of rotatable bonds is 8. The molecule has 35 heavy (non-hydrogen) atoms. The Labute approximate surface area is 209 Å². The molecular formula is C25H31F3N2O3S2. The second-order valence-electron chi connectivity index (χ2n) is 9.41. The average molecular weight is 529 g/mol. The first kappa shape index (κ1) is 26.3. The minimum atomic E-state index is -4.77. The highest BCUT2D eigenvalue weighted by Crippen LogP contribution is 2.47. The summed E-state index contributed by atoms with van der Waals surface area (Å²) in [7, 11) is -3.65. The minimum Gasteiger partial charge on any atom is -0.406 e. The molecule has 10 heteroatoms. The van der Waals surface area contributed by atoms with Crippen LogP contribution in [0, 0.1) is 5.92 Å². The van der Waals surface area contributed by atoms with Crippen molar-refractivity contribution in [3.8, 4) is 5.75 Å². The van der Waals surface area contributed by atoms with Gasteiger partial charge >= 0.3 is 6.36 Å². The van der Waals surface area contributed by atoms with Crippen LogP contribution in [-0.2, 0) is 16.6 Å². The molecule has 0 bridgehead atoms. The molecule has 1 saturated heterocycles. The Kier molecular flexibility index (Phi) is 8.05. The number of sulfonamides is 1. The van der Waals surface area contributed by atoms with Gasteiger partial charge in [0, 0.05) is 23.9 Å². The second-order valence-corrected chi connectivity index (χ2v) is 12.6. The molecule has 1 fully saturated rings. The van der Waals surface area contributed by atoms with Crippen LogP contribution < -0.4 is 4.74 Å². The summed E-state index contributed by atoms with van der Waals surface area (Å²) in [6.07, 6.45) is -2.63. The van der Waals surface area contributed by atoms with Crippen molar-refractivity contribution >= 4 is 21.8 Å². The van der Waals surface area contributed by atoms with E-state index in [-0.39, 0.29) is 29.3 Å². The molecule has 2 aromatic rings. The van der Waals surface area contributed by atoms with Gasteiger partial charge < -0.3 is 9.64 Å². The van der Waals surface area contributed by atoms with E-state index >= 15 is 0 Å². The number of likely N-dealkylation sites (tertiary alicyclic amines) is 1. The highest BCUT2D eigenvalue weighted by Gasteiger charge is 2.40. The summed E-state index contributed by atoms with van der Waals surface area (Å²) in [5, 5.41) is -0.329. The first-order chi connectivity index (χ1) is 16.5. The van der Waals surface area contributed by atoms with Crippen LogP contribution in [0.25, 0.3) is 0 Å². The van der Waals surface area contributed by atoms with Gasteiger partial charge in [-0.1, -0.05) is 44.2 Å². The van der Waals surface area contributed by atoms with Crippen LogP contribution in [0.5, 0.6) is 5.75 Å². The van der Waals surface area contributed by atoms with Crippen molar-refractivity contribution in [2.45, 2.75) is 55.8 Å². The number of hydrogen-bond donors (Lipinski definition) is 0. The molecule has 4 rings (SSSR count). The molecule has 2 unspecified atom stereocenters. The standard InChI is InChI=1S/C25H31F3N2O3S2/c1-18-11-13-29(14-12-18)15-16-35(31,32)30(24-19(2)22-5-3-4-6-23(22)34-24)17-20-7-9-21(10-8-20)33-25(26,27)28/h3-10,18-19,24H,11-17H2,1-2H3. The van der Waals surface area contributed by atoms with Crippen molar-refractivity contribution < 1.29 is 26.3 Å². The first-order valence-electron chi connectivity index (χ1n) is 11.8.